The van der Waals surface area contributed by atoms with Crippen LogP contribution in [-0.2, 0) is 16.1 Å². The van der Waals surface area contributed by atoms with Crippen molar-refractivity contribution in [2.75, 3.05) is 20.3 Å². The number of methoxy groups -OCH3 is 1. The first kappa shape index (κ1) is 17.8. The second-order valence-electron chi connectivity index (χ2n) is 6.36. The maximum atomic E-state index is 14.1. The largest absolute Gasteiger partial charge is 0.493 e. The summed E-state index contributed by atoms with van der Waals surface area (Å²) in [4.78, 5) is 0. The normalized spacial score (nSPS) is 23.0. The zero-order chi connectivity index (χ0) is 17.8. The summed E-state index contributed by atoms with van der Waals surface area (Å²) in [6.07, 6.45) is -0.225. The van der Waals surface area contributed by atoms with E-state index in [1.54, 1.807) is 6.07 Å². The molecule has 2 aromatic carbocycles. The molecular formula is C20H22F2O3. The molecule has 1 aliphatic heterocycles. The zero-order valence-corrected chi connectivity index (χ0v) is 14.4. The Morgan fingerprint density at radius 1 is 1.12 bits per heavy atom. The fraction of sp³-hybridized carbons (Fsp3) is 0.400. The maximum Gasteiger partial charge on any atom is 0.200 e. The molecule has 1 fully saturated rings. The second kappa shape index (κ2) is 7.93. The first-order chi connectivity index (χ1) is 12.1. The summed E-state index contributed by atoms with van der Waals surface area (Å²) < 4.78 is 44.3. The van der Waals surface area contributed by atoms with Crippen molar-refractivity contribution in [3.63, 3.8) is 0 Å². The molecule has 3 atom stereocenters. The lowest BCUT2D eigenvalue weighted by molar-refractivity contribution is 0.00459. The molecule has 0 amide bonds. The molecule has 3 nitrogen and oxygen atoms in total. The van der Waals surface area contributed by atoms with Gasteiger partial charge in [0.05, 0.1) is 33.0 Å². The Balaban J connectivity index is 1.74. The number of ether oxygens (including phenoxy) is 3. The number of hydrogen-bond donors (Lipinski definition) is 0. The molecule has 0 bridgehead atoms. The van der Waals surface area contributed by atoms with Gasteiger partial charge in [-0.3, -0.25) is 0 Å². The molecule has 0 radical (unpaired) electrons. The lowest BCUT2D eigenvalue weighted by Crippen LogP contribution is -2.24. The summed E-state index contributed by atoms with van der Waals surface area (Å²) in [5, 5.41) is 0. The maximum absolute atomic E-state index is 14.1. The summed E-state index contributed by atoms with van der Waals surface area (Å²) in [5.74, 6) is -1.87. The Labute approximate surface area is 146 Å². The molecule has 0 saturated carbocycles. The topological polar surface area (TPSA) is 27.7 Å². The first-order valence-electron chi connectivity index (χ1n) is 8.37. The van der Waals surface area contributed by atoms with Gasteiger partial charge in [0.2, 0.25) is 5.82 Å². The van der Waals surface area contributed by atoms with Crippen LogP contribution in [0.2, 0.25) is 0 Å². The van der Waals surface area contributed by atoms with E-state index in [-0.39, 0.29) is 23.7 Å². The minimum atomic E-state index is -0.956. The minimum Gasteiger partial charge on any atom is -0.493 e. The van der Waals surface area contributed by atoms with Crippen LogP contribution in [-0.4, -0.2) is 26.4 Å². The molecule has 5 heteroatoms. The van der Waals surface area contributed by atoms with E-state index in [9.17, 15) is 8.78 Å². The van der Waals surface area contributed by atoms with E-state index in [4.69, 9.17) is 14.2 Å². The quantitative estimate of drug-likeness (QED) is 0.779. The summed E-state index contributed by atoms with van der Waals surface area (Å²) >= 11 is 0. The predicted octanol–water partition coefficient (Wildman–Crippen LogP) is 4.31. The zero-order valence-electron chi connectivity index (χ0n) is 14.4. The number of halogens is 2. The minimum absolute atomic E-state index is 0.0459. The highest BCUT2D eigenvalue weighted by Gasteiger charge is 2.38. The van der Waals surface area contributed by atoms with E-state index in [0.29, 0.717) is 25.4 Å². The van der Waals surface area contributed by atoms with E-state index >= 15 is 0 Å². The molecule has 0 aromatic heterocycles. The van der Waals surface area contributed by atoms with E-state index in [1.165, 1.54) is 7.11 Å². The highest BCUT2D eigenvalue weighted by atomic mass is 19.2. The van der Waals surface area contributed by atoms with Gasteiger partial charge in [-0.05, 0) is 17.5 Å². The average molecular weight is 348 g/mol. The Hall–Kier alpha value is -1.98. The molecule has 0 spiro atoms. The molecule has 0 aliphatic carbocycles. The third kappa shape index (κ3) is 3.83. The highest BCUT2D eigenvalue weighted by molar-refractivity contribution is 5.40. The van der Waals surface area contributed by atoms with Crippen LogP contribution in [0, 0.1) is 17.6 Å². The van der Waals surface area contributed by atoms with Crippen LogP contribution >= 0.6 is 0 Å². The van der Waals surface area contributed by atoms with Gasteiger partial charge >= 0.3 is 0 Å². The molecule has 0 N–H and O–H groups in total. The highest BCUT2D eigenvalue weighted by Crippen LogP contribution is 2.41. The van der Waals surface area contributed by atoms with Crippen LogP contribution in [0.4, 0.5) is 8.78 Å². The van der Waals surface area contributed by atoms with Crippen molar-refractivity contribution in [1.82, 2.24) is 0 Å². The van der Waals surface area contributed by atoms with E-state index in [2.05, 4.69) is 0 Å². The molecule has 134 valence electrons. The van der Waals surface area contributed by atoms with Crippen molar-refractivity contribution < 1.29 is 23.0 Å². The van der Waals surface area contributed by atoms with Crippen molar-refractivity contribution >= 4 is 0 Å². The molecule has 2 aromatic rings. The van der Waals surface area contributed by atoms with Crippen LogP contribution < -0.4 is 4.74 Å². The Morgan fingerprint density at radius 2 is 1.88 bits per heavy atom. The van der Waals surface area contributed by atoms with Gasteiger partial charge in [-0.2, -0.15) is 4.39 Å². The first-order valence-corrected chi connectivity index (χ1v) is 8.37. The fourth-order valence-electron chi connectivity index (χ4n) is 3.39. The van der Waals surface area contributed by atoms with E-state index < -0.39 is 11.6 Å². The van der Waals surface area contributed by atoms with Gasteiger partial charge in [0.15, 0.2) is 11.6 Å². The SMILES string of the molecule is COc1c([C@@H]2[C@H](C)CO[C@@H]2COCc2ccccc2)ccc(F)c1F. The van der Waals surface area contributed by atoms with E-state index in [1.807, 2.05) is 37.3 Å². The monoisotopic (exact) mass is 348 g/mol. The molecule has 0 unspecified atom stereocenters. The molecular weight excluding hydrogens is 326 g/mol. The summed E-state index contributed by atoms with van der Waals surface area (Å²) in [6.45, 7) is 3.44. The van der Waals surface area contributed by atoms with Crippen molar-refractivity contribution in [3.05, 3.63) is 65.2 Å². The molecule has 1 aliphatic rings. The standard InChI is InChI=1S/C20H22F2O3/c1-13-10-25-17(12-24-11-14-6-4-3-5-7-14)18(13)15-8-9-16(21)19(22)20(15)23-2/h3-9,13,17-18H,10-12H2,1-2H3/t13-,17-,18+/m1/s1. The Morgan fingerprint density at radius 3 is 2.60 bits per heavy atom. The van der Waals surface area contributed by atoms with Gasteiger partial charge in [-0.25, -0.2) is 4.39 Å². The molecule has 25 heavy (non-hydrogen) atoms. The second-order valence-corrected chi connectivity index (χ2v) is 6.36. The van der Waals surface area contributed by atoms with Gasteiger partial charge in [0.25, 0.3) is 0 Å². The van der Waals surface area contributed by atoms with Crippen LogP contribution in [0.25, 0.3) is 0 Å². The molecule has 1 heterocycles. The number of rotatable bonds is 6. The van der Waals surface area contributed by atoms with Gasteiger partial charge in [0, 0.05) is 11.5 Å². The van der Waals surface area contributed by atoms with E-state index in [0.717, 1.165) is 11.6 Å². The van der Waals surface area contributed by atoms with Crippen molar-refractivity contribution in [1.29, 1.82) is 0 Å². The van der Waals surface area contributed by atoms with Crippen molar-refractivity contribution in [3.8, 4) is 5.75 Å². The van der Waals surface area contributed by atoms with Gasteiger partial charge in [-0.15, -0.1) is 0 Å². The van der Waals surface area contributed by atoms with Crippen LogP contribution in [0.1, 0.15) is 24.0 Å². The third-order valence-electron chi connectivity index (χ3n) is 4.62. The van der Waals surface area contributed by atoms with Gasteiger partial charge < -0.3 is 14.2 Å². The van der Waals surface area contributed by atoms with Gasteiger partial charge in [0.1, 0.15) is 0 Å². The summed E-state index contributed by atoms with van der Waals surface area (Å²) in [6, 6.07) is 12.6. The van der Waals surface area contributed by atoms with Crippen LogP contribution in [0.15, 0.2) is 42.5 Å². The number of hydrogen-bond acceptors (Lipinski definition) is 3. The van der Waals surface area contributed by atoms with Crippen molar-refractivity contribution in [2.24, 2.45) is 5.92 Å². The Bertz CT molecular complexity index is 706. The summed E-state index contributed by atoms with van der Waals surface area (Å²) in [7, 11) is 1.35. The third-order valence-corrected chi connectivity index (χ3v) is 4.62. The van der Waals surface area contributed by atoms with Crippen LogP contribution in [0.3, 0.4) is 0 Å². The Kier molecular flexibility index (Phi) is 5.66. The molecule has 3 rings (SSSR count). The lowest BCUT2D eigenvalue weighted by atomic mass is 9.85. The average Bonchev–Trinajstić information content (AvgIpc) is 2.99. The fourth-order valence-corrected chi connectivity index (χ4v) is 3.39. The van der Waals surface area contributed by atoms with Crippen molar-refractivity contribution in [2.45, 2.75) is 25.6 Å². The summed E-state index contributed by atoms with van der Waals surface area (Å²) in [5.41, 5.74) is 1.70. The van der Waals surface area contributed by atoms with Crippen LogP contribution in [0.5, 0.6) is 5.75 Å². The lowest BCUT2D eigenvalue weighted by Gasteiger charge is -2.23. The smallest absolute Gasteiger partial charge is 0.200 e. The molecule has 1 saturated heterocycles. The number of benzene rings is 2. The van der Waals surface area contributed by atoms with Gasteiger partial charge in [-0.1, -0.05) is 43.3 Å². The predicted molar refractivity (Wildman–Crippen MR) is 90.7 cm³/mol.